The quantitative estimate of drug-likeness (QED) is 0.837. The zero-order chi connectivity index (χ0) is 18.0. The van der Waals surface area contributed by atoms with Crippen molar-refractivity contribution in [1.82, 2.24) is 14.7 Å². The van der Waals surface area contributed by atoms with Gasteiger partial charge in [0.15, 0.2) is 0 Å². The van der Waals surface area contributed by atoms with E-state index in [2.05, 4.69) is 42.1 Å². The van der Waals surface area contributed by atoms with E-state index in [0.717, 1.165) is 44.8 Å². The number of piperidine rings is 1. The molecule has 1 aromatic rings. The summed E-state index contributed by atoms with van der Waals surface area (Å²) in [5.74, 6) is 1.64. The summed E-state index contributed by atoms with van der Waals surface area (Å²) in [6.07, 6.45) is 2.18. The maximum absolute atomic E-state index is 11.6. The standard InChI is InChI=1S/C20H31N3O2/c1-15(24)22-10-8-17(9-11-22)23-13-19(20(14-23)21(2)3)16-6-5-7-18(12-16)25-4/h5-7,12,17,19-20H,8-11,13-14H2,1-4H3/t19-,20+/m1/s1. The highest BCUT2D eigenvalue weighted by Crippen LogP contribution is 2.34. The van der Waals surface area contributed by atoms with Crippen molar-refractivity contribution in [2.24, 2.45) is 0 Å². The number of carbonyl (C=O) groups is 1. The summed E-state index contributed by atoms with van der Waals surface area (Å²) in [5, 5.41) is 0. The minimum Gasteiger partial charge on any atom is -0.497 e. The third-order valence-corrected chi connectivity index (χ3v) is 5.93. The van der Waals surface area contributed by atoms with Gasteiger partial charge in [-0.05, 0) is 44.6 Å². The molecular weight excluding hydrogens is 314 g/mol. The van der Waals surface area contributed by atoms with Gasteiger partial charge in [0, 0.05) is 51.1 Å². The van der Waals surface area contributed by atoms with Gasteiger partial charge in [-0.2, -0.15) is 0 Å². The van der Waals surface area contributed by atoms with Crippen LogP contribution in [0.3, 0.4) is 0 Å². The second kappa shape index (κ2) is 7.75. The molecule has 2 aliphatic rings. The number of carbonyl (C=O) groups excluding carboxylic acids is 1. The lowest BCUT2D eigenvalue weighted by molar-refractivity contribution is -0.130. The summed E-state index contributed by atoms with van der Waals surface area (Å²) in [6.45, 7) is 5.65. The van der Waals surface area contributed by atoms with Crippen LogP contribution in [0.5, 0.6) is 5.75 Å². The van der Waals surface area contributed by atoms with Crippen LogP contribution in [0, 0.1) is 0 Å². The number of likely N-dealkylation sites (tertiary alicyclic amines) is 2. The molecule has 1 aromatic carbocycles. The van der Waals surface area contributed by atoms with E-state index in [1.54, 1.807) is 14.0 Å². The normalized spacial score (nSPS) is 25.6. The summed E-state index contributed by atoms with van der Waals surface area (Å²) in [4.78, 5) is 18.5. The zero-order valence-corrected chi connectivity index (χ0v) is 15.9. The van der Waals surface area contributed by atoms with Gasteiger partial charge in [-0.25, -0.2) is 0 Å². The Labute approximate surface area is 151 Å². The average molecular weight is 345 g/mol. The molecule has 2 aliphatic heterocycles. The molecule has 2 heterocycles. The molecule has 138 valence electrons. The van der Waals surface area contributed by atoms with Crippen molar-refractivity contribution in [1.29, 1.82) is 0 Å². The molecule has 5 nitrogen and oxygen atoms in total. The molecule has 0 unspecified atom stereocenters. The van der Waals surface area contributed by atoms with Crippen molar-refractivity contribution < 1.29 is 9.53 Å². The van der Waals surface area contributed by atoms with Crippen LogP contribution in [0.1, 0.15) is 31.2 Å². The Morgan fingerprint density at radius 3 is 2.52 bits per heavy atom. The SMILES string of the molecule is COc1cccc([C@H]2CN(C3CCN(C(C)=O)CC3)C[C@@H]2N(C)C)c1. The second-order valence-electron chi connectivity index (χ2n) is 7.61. The maximum atomic E-state index is 11.6. The average Bonchev–Trinajstić information content (AvgIpc) is 3.07. The van der Waals surface area contributed by atoms with Crippen molar-refractivity contribution >= 4 is 5.91 Å². The summed E-state index contributed by atoms with van der Waals surface area (Å²) in [5.41, 5.74) is 1.36. The van der Waals surface area contributed by atoms with E-state index in [1.807, 2.05) is 11.0 Å². The molecule has 0 bridgehead atoms. The Kier molecular flexibility index (Phi) is 5.64. The van der Waals surface area contributed by atoms with E-state index >= 15 is 0 Å². The Hall–Kier alpha value is -1.59. The molecule has 2 saturated heterocycles. The minimum atomic E-state index is 0.209. The van der Waals surface area contributed by atoms with Gasteiger partial charge in [0.2, 0.25) is 5.91 Å². The molecule has 0 N–H and O–H groups in total. The number of likely N-dealkylation sites (N-methyl/N-ethyl adjacent to an activating group) is 1. The molecule has 0 aliphatic carbocycles. The smallest absolute Gasteiger partial charge is 0.219 e. The van der Waals surface area contributed by atoms with Crippen molar-refractivity contribution in [3.8, 4) is 5.75 Å². The Morgan fingerprint density at radius 2 is 1.92 bits per heavy atom. The van der Waals surface area contributed by atoms with E-state index in [9.17, 15) is 4.79 Å². The molecule has 0 aromatic heterocycles. The Bertz CT molecular complexity index is 596. The molecule has 2 atom stereocenters. The first kappa shape index (κ1) is 18.2. The van der Waals surface area contributed by atoms with Crippen molar-refractivity contribution in [2.45, 2.75) is 37.8 Å². The van der Waals surface area contributed by atoms with Gasteiger partial charge in [-0.1, -0.05) is 12.1 Å². The van der Waals surface area contributed by atoms with Gasteiger partial charge in [0.25, 0.3) is 0 Å². The van der Waals surface area contributed by atoms with E-state index in [0.29, 0.717) is 18.0 Å². The number of nitrogens with zero attached hydrogens (tertiary/aromatic N) is 3. The van der Waals surface area contributed by atoms with Crippen LogP contribution in [0.4, 0.5) is 0 Å². The van der Waals surface area contributed by atoms with Crippen molar-refractivity contribution in [3.05, 3.63) is 29.8 Å². The van der Waals surface area contributed by atoms with Crippen LogP contribution in [-0.4, -0.2) is 80.1 Å². The first-order chi connectivity index (χ1) is 12.0. The molecule has 0 saturated carbocycles. The van der Waals surface area contributed by atoms with Crippen LogP contribution in [0.2, 0.25) is 0 Å². The van der Waals surface area contributed by atoms with Gasteiger partial charge >= 0.3 is 0 Å². The van der Waals surface area contributed by atoms with E-state index < -0.39 is 0 Å². The van der Waals surface area contributed by atoms with Crippen LogP contribution in [-0.2, 0) is 4.79 Å². The van der Waals surface area contributed by atoms with Crippen LogP contribution >= 0.6 is 0 Å². The van der Waals surface area contributed by atoms with Crippen LogP contribution in [0.15, 0.2) is 24.3 Å². The van der Waals surface area contributed by atoms with Crippen LogP contribution < -0.4 is 4.74 Å². The number of methoxy groups -OCH3 is 1. The van der Waals surface area contributed by atoms with Gasteiger partial charge in [-0.15, -0.1) is 0 Å². The summed E-state index contributed by atoms with van der Waals surface area (Å²) >= 11 is 0. The maximum Gasteiger partial charge on any atom is 0.219 e. The van der Waals surface area contributed by atoms with Crippen molar-refractivity contribution in [2.75, 3.05) is 47.4 Å². The highest BCUT2D eigenvalue weighted by Gasteiger charge is 2.39. The topological polar surface area (TPSA) is 36.0 Å². The van der Waals surface area contributed by atoms with Gasteiger partial charge < -0.3 is 14.5 Å². The molecule has 3 rings (SSSR count). The first-order valence-corrected chi connectivity index (χ1v) is 9.29. The summed E-state index contributed by atoms with van der Waals surface area (Å²) in [7, 11) is 6.09. The Balaban J connectivity index is 1.71. The van der Waals surface area contributed by atoms with Gasteiger partial charge in [-0.3, -0.25) is 9.69 Å². The minimum absolute atomic E-state index is 0.209. The fourth-order valence-electron chi connectivity index (χ4n) is 4.38. The second-order valence-corrected chi connectivity index (χ2v) is 7.61. The van der Waals surface area contributed by atoms with E-state index in [-0.39, 0.29) is 5.91 Å². The first-order valence-electron chi connectivity index (χ1n) is 9.29. The fraction of sp³-hybridized carbons (Fsp3) is 0.650. The third-order valence-electron chi connectivity index (χ3n) is 5.93. The van der Waals surface area contributed by atoms with Crippen LogP contribution in [0.25, 0.3) is 0 Å². The highest BCUT2D eigenvalue weighted by atomic mass is 16.5. The predicted octanol–water partition coefficient (Wildman–Crippen LogP) is 2.04. The van der Waals surface area contributed by atoms with E-state index in [1.165, 1.54) is 5.56 Å². The Morgan fingerprint density at radius 1 is 1.20 bits per heavy atom. The van der Waals surface area contributed by atoms with Crippen molar-refractivity contribution in [3.63, 3.8) is 0 Å². The number of ether oxygens (including phenoxy) is 1. The number of rotatable bonds is 4. The predicted molar refractivity (Wildman–Crippen MR) is 100 cm³/mol. The molecule has 1 amide bonds. The molecule has 0 spiro atoms. The molecule has 2 fully saturated rings. The molecule has 5 heteroatoms. The number of hydrogen-bond donors (Lipinski definition) is 0. The lowest BCUT2D eigenvalue weighted by Gasteiger charge is -2.36. The van der Waals surface area contributed by atoms with Gasteiger partial charge in [0.05, 0.1) is 7.11 Å². The van der Waals surface area contributed by atoms with E-state index in [4.69, 9.17) is 4.74 Å². The summed E-state index contributed by atoms with van der Waals surface area (Å²) < 4.78 is 5.42. The highest BCUT2D eigenvalue weighted by molar-refractivity contribution is 5.73. The summed E-state index contributed by atoms with van der Waals surface area (Å²) in [6, 6.07) is 9.62. The van der Waals surface area contributed by atoms with Gasteiger partial charge in [0.1, 0.15) is 5.75 Å². The zero-order valence-electron chi connectivity index (χ0n) is 15.9. The number of hydrogen-bond acceptors (Lipinski definition) is 4. The lowest BCUT2D eigenvalue weighted by atomic mass is 9.93. The molecule has 0 radical (unpaired) electrons. The number of amides is 1. The third kappa shape index (κ3) is 3.98. The fourth-order valence-corrected chi connectivity index (χ4v) is 4.38. The lowest BCUT2D eigenvalue weighted by Crippen LogP contribution is -2.46. The largest absolute Gasteiger partial charge is 0.497 e. The number of benzene rings is 1. The molecule has 25 heavy (non-hydrogen) atoms. The molecular formula is C20H31N3O2. The monoisotopic (exact) mass is 345 g/mol.